The first kappa shape index (κ1) is 13.8. The number of hydrogen-bond acceptors (Lipinski definition) is 5. The summed E-state index contributed by atoms with van der Waals surface area (Å²) in [4.78, 5) is 14.3. The standard InChI is InChI=1S/C13H24N2O3/c1-10-8-15(6-7-18-10)9-13(2,12(16)17-3)14-11-4-5-11/h10-11,14H,4-9H2,1-3H3. The molecule has 1 aliphatic carbocycles. The van der Waals surface area contributed by atoms with Gasteiger partial charge in [-0.05, 0) is 26.7 Å². The van der Waals surface area contributed by atoms with Gasteiger partial charge < -0.3 is 9.47 Å². The number of carbonyl (C=O) groups is 1. The van der Waals surface area contributed by atoms with E-state index >= 15 is 0 Å². The molecule has 1 aliphatic heterocycles. The van der Waals surface area contributed by atoms with Gasteiger partial charge in [-0.25, -0.2) is 0 Å². The Balaban J connectivity index is 1.96. The maximum atomic E-state index is 12.0. The van der Waals surface area contributed by atoms with Gasteiger partial charge in [0, 0.05) is 25.7 Å². The minimum atomic E-state index is -0.604. The van der Waals surface area contributed by atoms with E-state index < -0.39 is 5.54 Å². The van der Waals surface area contributed by atoms with Gasteiger partial charge in [0.25, 0.3) is 0 Å². The Morgan fingerprint density at radius 2 is 2.28 bits per heavy atom. The lowest BCUT2D eigenvalue weighted by Crippen LogP contribution is -2.60. The average molecular weight is 256 g/mol. The lowest BCUT2D eigenvalue weighted by atomic mass is 10.0. The zero-order valence-electron chi connectivity index (χ0n) is 11.6. The van der Waals surface area contributed by atoms with Crippen LogP contribution in [0.4, 0.5) is 0 Å². The van der Waals surface area contributed by atoms with E-state index in [4.69, 9.17) is 9.47 Å². The largest absolute Gasteiger partial charge is 0.468 e. The summed E-state index contributed by atoms with van der Waals surface area (Å²) in [7, 11) is 1.46. The van der Waals surface area contributed by atoms with E-state index in [1.165, 1.54) is 7.11 Å². The Bertz CT molecular complexity index is 307. The molecule has 2 aliphatic rings. The third kappa shape index (κ3) is 3.43. The molecule has 0 aromatic heterocycles. The van der Waals surface area contributed by atoms with Crippen molar-refractivity contribution < 1.29 is 14.3 Å². The van der Waals surface area contributed by atoms with Crippen LogP contribution in [0.3, 0.4) is 0 Å². The van der Waals surface area contributed by atoms with Crippen LogP contribution < -0.4 is 5.32 Å². The van der Waals surface area contributed by atoms with Crippen molar-refractivity contribution in [3.05, 3.63) is 0 Å². The number of nitrogens with zero attached hydrogens (tertiary/aromatic N) is 1. The molecule has 0 radical (unpaired) electrons. The van der Waals surface area contributed by atoms with Gasteiger partial charge in [0.2, 0.25) is 0 Å². The van der Waals surface area contributed by atoms with Crippen LogP contribution in [0.25, 0.3) is 0 Å². The SMILES string of the molecule is COC(=O)C(C)(CN1CCOC(C)C1)NC1CC1. The van der Waals surface area contributed by atoms with Gasteiger partial charge in [0.05, 0.1) is 19.8 Å². The highest BCUT2D eigenvalue weighted by Crippen LogP contribution is 2.24. The van der Waals surface area contributed by atoms with Gasteiger partial charge in [-0.15, -0.1) is 0 Å². The molecule has 0 amide bonds. The van der Waals surface area contributed by atoms with Gasteiger partial charge in [0.15, 0.2) is 0 Å². The molecule has 5 nitrogen and oxygen atoms in total. The summed E-state index contributed by atoms with van der Waals surface area (Å²) in [5, 5.41) is 3.42. The maximum absolute atomic E-state index is 12.0. The van der Waals surface area contributed by atoms with Crippen molar-refractivity contribution in [2.45, 2.75) is 44.4 Å². The van der Waals surface area contributed by atoms with E-state index in [2.05, 4.69) is 17.1 Å². The fraction of sp³-hybridized carbons (Fsp3) is 0.923. The quantitative estimate of drug-likeness (QED) is 0.721. The van der Waals surface area contributed by atoms with Crippen molar-refractivity contribution in [3.8, 4) is 0 Å². The number of methoxy groups -OCH3 is 1. The number of ether oxygens (including phenoxy) is 2. The summed E-state index contributed by atoms with van der Waals surface area (Å²) in [6.07, 6.45) is 2.56. The second kappa shape index (κ2) is 5.55. The van der Waals surface area contributed by atoms with E-state index in [9.17, 15) is 4.79 Å². The van der Waals surface area contributed by atoms with E-state index in [1.807, 2.05) is 6.92 Å². The van der Waals surface area contributed by atoms with Crippen LogP contribution in [-0.2, 0) is 14.3 Å². The van der Waals surface area contributed by atoms with Gasteiger partial charge in [-0.3, -0.25) is 15.0 Å². The Labute approximate surface area is 109 Å². The fourth-order valence-electron chi connectivity index (χ4n) is 2.55. The first-order valence-corrected chi connectivity index (χ1v) is 6.73. The Hall–Kier alpha value is -0.650. The molecule has 18 heavy (non-hydrogen) atoms. The summed E-state index contributed by atoms with van der Waals surface area (Å²) in [5.74, 6) is -0.173. The average Bonchev–Trinajstić information content (AvgIpc) is 3.11. The zero-order valence-corrected chi connectivity index (χ0v) is 11.6. The molecule has 2 atom stereocenters. The molecule has 0 spiro atoms. The summed E-state index contributed by atoms with van der Waals surface area (Å²) in [5.41, 5.74) is -0.604. The van der Waals surface area contributed by atoms with Crippen LogP contribution in [0.2, 0.25) is 0 Å². The van der Waals surface area contributed by atoms with Gasteiger partial charge in [0.1, 0.15) is 5.54 Å². The number of carbonyl (C=O) groups excluding carboxylic acids is 1. The van der Waals surface area contributed by atoms with E-state index in [0.717, 1.165) is 32.5 Å². The maximum Gasteiger partial charge on any atom is 0.327 e. The number of hydrogen-bond donors (Lipinski definition) is 1. The van der Waals surface area contributed by atoms with E-state index in [-0.39, 0.29) is 12.1 Å². The van der Waals surface area contributed by atoms with Crippen molar-refractivity contribution in [2.24, 2.45) is 0 Å². The first-order chi connectivity index (χ1) is 8.53. The van der Waals surface area contributed by atoms with Crippen LogP contribution in [0, 0.1) is 0 Å². The van der Waals surface area contributed by atoms with Crippen LogP contribution in [0.15, 0.2) is 0 Å². The second-order valence-corrected chi connectivity index (χ2v) is 5.66. The Morgan fingerprint density at radius 1 is 1.56 bits per heavy atom. The molecule has 1 heterocycles. The number of rotatable bonds is 5. The molecular formula is C13H24N2O3. The van der Waals surface area contributed by atoms with Gasteiger partial charge in [-0.1, -0.05) is 0 Å². The molecule has 0 aromatic rings. The molecular weight excluding hydrogens is 232 g/mol. The highest BCUT2D eigenvalue weighted by Gasteiger charge is 2.41. The predicted octanol–water partition coefficient (Wildman–Crippen LogP) is 0.391. The number of esters is 1. The molecule has 0 bridgehead atoms. The number of nitrogens with one attached hydrogen (secondary N) is 1. The minimum absolute atomic E-state index is 0.173. The third-order valence-electron chi connectivity index (χ3n) is 3.60. The van der Waals surface area contributed by atoms with Gasteiger partial charge in [-0.2, -0.15) is 0 Å². The van der Waals surface area contributed by atoms with Crippen molar-refractivity contribution in [1.29, 1.82) is 0 Å². The molecule has 2 unspecified atom stereocenters. The third-order valence-corrected chi connectivity index (χ3v) is 3.60. The lowest BCUT2D eigenvalue weighted by molar-refractivity contribution is -0.149. The molecule has 104 valence electrons. The first-order valence-electron chi connectivity index (χ1n) is 6.73. The Kier molecular flexibility index (Phi) is 4.25. The van der Waals surface area contributed by atoms with E-state index in [1.54, 1.807) is 0 Å². The summed E-state index contributed by atoms with van der Waals surface area (Å²) >= 11 is 0. The normalized spacial score (nSPS) is 28.7. The van der Waals surface area contributed by atoms with Gasteiger partial charge >= 0.3 is 5.97 Å². The van der Waals surface area contributed by atoms with Crippen LogP contribution in [0.5, 0.6) is 0 Å². The minimum Gasteiger partial charge on any atom is -0.468 e. The van der Waals surface area contributed by atoms with E-state index in [0.29, 0.717) is 12.6 Å². The smallest absolute Gasteiger partial charge is 0.327 e. The monoisotopic (exact) mass is 256 g/mol. The molecule has 0 aromatic carbocycles. The molecule has 2 fully saturated rings. The molecule has 2 rings (SSSR count). The molecule has 1 saturated heterocycles. The fourth-order valence-corrected chi connectivity index (χ4v) is 2.55. The van der Waals surface area contributed by atoms with Crippen LogP contribution >= 0.6 is 0 Å². The highest BCUT2D eigenvalue weighted by atomic mass is 16.5. The summed E-state index contributed by atoms with van der Waals surface area (Å²) < 4.78 is 10.5. The number of morpholine rings is 1. The Morgan fingerprint density at radius 3 is 2.83 bits per heavy atom. The van der Waals surface area contributed by atoms with Crippen molar-refractivity contribution in [1.82, 2.24) is 10.2 Å². The highest BCUT2D eigenvalue weighted by molar-refractivity contribution is 5.80. The van der Waals surface area contributed by atoms with Crippen molar-refractivity contribution in [3.63, 3.8) is 0 Å². The van der Waals surface area contributed by atoms with Crippen LogP contribution in [-0.4, -0.2) is 61.9 Å². The lowest BCUT2D eigenvalue weighted by Gasteiger charge is -2.37. The topological polar surface area (TPSA) is 50.8 Å². The zero-order chi connectivity index (χ0) is 13.2. The summed E-state index contributed by atoms with van der Waals surface area (Å²) in [6.45, 7) is 7.18. The predicted molar refractivity (Wildman–Crippen MR) is 68.4 cm³/mol. The van der Waals surface area contributed by atoms with Crippen molar-refractivity contribution >= 4 is 5.97 Å². The molecule has 5 heteroatoms. The molecule has 1 saturated carbocycles. The molecule has 1 N–H and O–H groups in total. The second-order valence-electron chi connectivity index (χ2n) is 5.66. The summed E-state index contributed by atoms with van der Waals surface area (Å²) in [6, 6.07) is 0.479. The van der Waals surface area contributed by atoms with Crippen LogP contribution in [0.1, 0.15) is 26.7 Å². The van der Waals surface area contributed by atoms with Crippen molar-refractivity contribution in [2.75, 3.05) is 33.4 Å².